The second kappa shape index (κ2) is 11.7. The lowest BCUT2D eigenvalue weighted by molar-refractivity contribution is -0.649. The minimum atomic E-state index is -0.120. The fourth-order valence-electron chi connectivity index (χ4n) is 6.00. The number of fused-ring (bicyclic) bond motifs is 1. The molecule has 0 bridgehead atoms. The lowest BCUT2D eigenvalue weighted by atomic mass is 9.75. The minimum Gasteiger partial charge on any atom is -1.00 e. The van der Waals surface area contributed by atoms with Crippen molar-refractivity contribution in [1.82, 2.24) is 4.57 Å². The summed E-state index contributed by atoms with van der Waals surface area (Å²) in [6.45, 7) is 8.03. The van der Waals surface area contributed by atoms with Crippen LogP contribution in [0.1, 0.15) is 52.9 Å². The number of para-hydroxylation sites is 2. The van der Waals surface area contributed by atoms with Gasteiger partial charge in [0, 0.05) is 19.8 Å². The van der Waals surface area contributed by atoms with Gasteiger partial charge in [0.1, 0.15) is 6.10 Å². The standard InChI is InChI=1S/C31H42N3O2.HI/c1-21(2)26-17-10-22(3)18-29(26)36-30(35)20-34-28-9-7-6-8-27(28)33(19-23-11-12-23)31(34)24-13-15-25(16-14-24)32(4)5;/h6-9,13-16,21-23,26,29H,10-12,17-20H2,1-5H3;1H/q+1;/p-1/t22-,26+,29?;/m1./s1. The second-order valence-corrected chi connectivity index (χ2v) is 11.7. The van der Waals surface area contributed by atoms with Crippen LogP contribution < -0.4 is 33.4 Å². The minimum absolute atomic E-state index is 0. The molecule has 0 amide bonds. The van der Waals surface area contributed by atoms with Crippen molar-refractivity contribution in [3.8, 4) is 11.4 Å². The number of carbonyl (C=O) groups is 1. The van der Waals surface area contributed by atoms with Crippen molar-refractivity contribution in [3.63, 3.8) is 0 Å². The average Bonchev–Trinajstić information content (AvgIpc) is 3.62. The lowest BCUT2D eigenvalue weighted by Gasteiger charge is -2.36. The number of aromatic nitrogens is 2. The molecule has 0 N–H and O–H groups in total. The smallest absolute Gasteiger partial charge is 0.348 e. The van der Waals surface area contributed by atoms with Gasteiger partial charge in [-0.15, -0.1) is 0 Å². The fourth-order valence-corrected chi connectivity index (χ4v) is 6.00. The number of nitrogens with zero attached hydrogens (tertiary/aromatic N) is 3. The Morgan fingerprint density at radius 3 is 2.41 bits per heavy atom. The van der Waals surface area contributed by atoms with Gasteiger partial charge in [0.25, 0.3) is 5.82 Å². The first kappa shape index (κ1) is 27.9. The quantitative estimate of drug-likeness (QED) is 0.222. The molecule has 0 aliphatic heterocycles. The lowest BCUT2D eigenvalue weighted by Crippen LogP contribution is -3.00. The predicted octanol–water partition coefficient (Wildman–Crippen LogP) is 3.08. The predicted molar refractivity (Wildman–Crippen MR) is 146 cm³/mol. The summed E-state index contributed by atoms with van der Waals surface area (Å²) < 4.78 is 10.9. The van der Waals surface area contributed by atoms with E-state index < -0.39 is 0 Å². The summed E-state index contributed by atoms with van der Waals surface area (Å²) in [5.41, 5.74) is 4.59. The average molecular weight is 616 g/mol. The van der Waals surface area contributed by atoms with E-state index >= 15 is 0 Å². The summed E-state index contributed by atoms with van der Waals surface area (Å²) in [5, 5.41) is 0. The summed E-state index contributed by atoms with van der Waals surface area (Å²) >= 11 is 0. The Kier molecular flexibility index (Phi) is 8.87. The van der Waals surface area contributed by atoms with Crippen LogP contribution in [-0.2, 0) is 22.6 Å². The van der Waals surface area contributed by atoms with E-state index in [0.717, 1.165) is 42.2 Å². The van der Waals surface area contributed by atoms with Crippen molar-refractivity contribution in [1.29, 1.82) is 0 Å². The highest BCUT2D eigenvalue weighted by atomic mass is 127. The summed E-state index contributed by atoms with van der Waals surface area (Å²) in [5.74, 6) is 3.28. The molecule has 2 fully saturated rings. The Morgan fingerprint density at radius 1 is 1.05 bits per heavy atom. The Hall–Kier alpha value is -2.09. The zero-order valence-electron chi connectivity index (χ0n) is 23.0. The third-order valence-corrected chi connectivity index (χ3v) is 8.29. The second-order valence-electron chi connectivity index (χ2n) is 11.7. The van der Waals surface area contributed by atoms with E-state index in [-0.39, 0.29) is 42.6 Å². The number of hydrogen-bond acceptors (Lipinski definition) is 3. The van der Waals surface area contributed by atoms with Gasteiger partial charge in [0.15, 0.2) is 17.6 Å². The Bertz CT molecular complexity index is 1210. The van der Waals surface area contributed by atoms with Gasteiger partial charge in [-0.3, -0.25) is 0 Å². The molecule has 2 aliphatic rings. The number of benzene rings is 2. The number of anilines is 1. The van der Waals surface area contributed by atoms with E-state index in [1.807, 2.05) is 0 Å². The molecule has 0 saturated heterocycles. The van der Waals surface area contributed by atoms with E-state index in [1.54, 1.807) is 0 Å². The van der Waals surface area contributed by atoms with Gasteiger partial charge in [0.05, 0.1) is 12.1 Å². The molecule has 1 heterocycles. The van der Waals surface area contributed by atoms with Crippen LogP contribution in [0.2, 0.25) is 0 Å². The first-order valence-electron chi connectivity index (χ1n) is 13.8. The molecule has 0 spiro atoms. The molecule has 2 aliphatic carbocycles. The summed E-state index contributed by atoms with van der Waals surface area (Å²) in [7, 11) is 4.12. The van der Waals surface area contributed by atoms with Gasteiger partial charge in [-0.25, -0.2) is 13.9 Å². The maximum absolute atomic E-state index is 13.5. The molecule has 6 heteroatoms. The Morgan fingerprint density at radius 2 is 1.76 bits per heavy atom. The first-order valence-corrected chi connectivity index (χ1v) is 13.8. The summed E-state index contributed by atoms with van der Waals surface area (Å²) in [6.07, 6.45) is 5.93. The molecule has 1 aromatic heterocycles. The molecule has 3 atom stereocenters. The molecule has 1 unspecified atom stereocenters. The molecular formula is C31H42IN3O2. The number of carbonyl (C=O) groups excluding carboxylic acids is 1. The zero-order valence-corrected chi connectivity index (χ0v) is 25.1. The van der Waals surface area contributed by atoms with Crippen LogP contribution >= 0.6 is 0 Å². The number of ether oxygens (including phenoxy) is 1. The maximum atomic E-state index is 13.5. The van der Waals surface area contributed by atoms with Gasteiger partial charge in [0.2, 0.25) is 0 Å². The van der Waals surface area contributed by atoms with E-state index in [1.165, 1.54) is 30.5 Å². The molecule has 5 nitrogen and oxygen atoms in total. The van der Waals surface area contributed by atoms with Crippen LogP contribution in [0.25, 0.3) is 22.4 Å². The van der Waals surface area contributed by atoms with Gasteiger partial charge in [-0.05, 0) is 85.8 Å². The maximum Gasteiger partial charge on any atom is 0.348 e. The number of imidazole rings is 1. The zero-order chi connectivity index (χ0) is 25.4. The monoisotopic (exact) mass is 615 g/mol. The highest BCUT2D eigenvalue weighted by Gasteiger charge is 2.36. The van der Waals surface area contributed by atoms with Crippen molar-refractivity contribution in [3.05, 3.63) is 48.5 Å². The Balaban J connectivity index is 0.00000320. The van der Waals surface area contributed by atoms with E-state index in [9.17, 15) is 4.79 Å². The normalized spacial score (nSPS) is 21.6. The van der Waals surface area contributed by atoms with Crippen molar-refractivity contribution in [2.24, 2.45) is 23.7 Å². The fraction of sp³-hybridized carbons (Fsp3) is 0.548. The number of hydrogen-bond donors (Lipinski definition) is 0. The largest absolute Gasteiger partial charge is 1.00 e. The van der Waals surface area contributed by atoms with Crippen molar-refractivity contribution >= 4 is 22.7 Å². The van der Waals surface area contributed by atoms with Crippen molar-refractivity contribution in [2.45, 2.75) is 72.1 Å². The van der Waals surface area contributed by atoms with Gasteiger partial charge in [-0.2, -0.15) is 0 Å². The van der Waals surface area contributed by atoms with Crippen LogP contribution in [0.4, 0.5) is 5.69 Å². The molecule has 5 rings (SSSR count). The summed E-state index contributed by atoms with van der Waals surface area (Å²) in [6, 6.07) is 17.2. The highest BCUT2D eigenvalue weighted by molar-refractivity contribution is 5.78. The Labute approximate surface area is 239 Å². The van der Waals surface area contributed by atoms with Crippen molar-refractivity contribution < 1.29 is 38.1 Å². The molecule has 200 valence electrons. The van der Waals surface area contributed by atoms with Crippen LogP contribution in [0.15, 0.2) is 48.5 Å². The SMILES string of the molecule is CC(C)[C@@H]1CC[C@@H](C)CC1OC(=O)C[n+]1c(-c2ccc(N(C)C)cc2)n(CC2CC2)c2ccccc21.[I-]. The van der Waals surface area contributed by atoms with Crippen LogP contribution in [-0.4, -0.2) is 30.7 Å². The van der Waals surface area contributed by atoms with Gasteiger partial charge < -0.3 is 33.6 Å². The molecular weight excluding hydrogens is 573 g/mol. The number of esters is 1. The highest BCUT2D eigenvalue weighted by Crippen LogP contribution is 2.36. The molecule has 37 heavy (non-hydrogen) atoms. The third-order valence-electron chi connectivity index (χ3n) is 8.29. The van der Waals surface area contributed by atoms with Crippen LogP contribution in [0.5, 0.6) is 0 Å². The van der Waals surface area contributed by atoms with E-state index in [2.05, 4.69) is 97.4 Å². The topological polar surface area (TPSA) is 38.4 Å². The van der Waals surface area contributed by atoms with Gasteiger partial charge in [-0.1, -0.05) is 39.3 Å². The molecule has 0 radical (unpaired) electrons. The van der Waals surface area contributed by atoms with E-state index in [4.69, 9.17) is 4.74 Å². The molecule has 3 aromatic rings. The first-order chi connectivity index (χ1) is 17.3. The third kappa shape index (κ3) is 6.15. The van der Waals surface area contributed by atoms with E-state index in [0.29, 0.717) is 17.8 Å². The van der Waals surface area contributed by atoms with Crippen LogP contribution in [0.3, 0.4) is 0 Å². The van der Waals surface area contributed by atoms with Crippen molar-refractivity contribution in [2.75, 3.05) is 19.0 Å². The van der Waals surface area contributed by atoms with Gasteiger partial charge >= 0.3 is 5.97 Å². The van der Waals surface area contributed by atoms with Crippen LogP contribution in [0, 0.1) is 23.7 Å². The molecule has 2 saturated carbocycles. The molecule has 2 aromatic carbocycles. The number of halogens is 1. The number of rotatable bonds is 8. The summed E-state index contributed by atoms with van der Waals surface area (Å²) in [4.78, 5) is 15.6.